The molecule has 2 aromatic heterocycles. The first-order chi connectivity index (χ1) is 20.1. The number of benzene rings is 2. The van der Waals surface area contributed by atoms with Crippen LogP contribution < -0.4 is 10.1 Å². The number of carboxylic acid groups (broad SMARTS) is 1. The summed E-state index contributed by atoms with van der Waals surface area (Å²) in [5.74, 6) is 0.732. The minimum Gasteiger partial charge on any atom is -0.491 e. The first-order valence-electron chi connectivity index (χ1n) is 15.1. The number of imidazole rings is 1. The van der Waals surface area contributed by atoms with Gasteiger partial charge in [0.2, 0.25) is 0 Å². The van der Waals surface area contributed by atoms with E-state index in [2.05, 4.69) is 28.1 Å². The zero-order valence-electron chi connectivity index (χ0n) is 25.2. The standard InChI is InChI=1S/C34H40N4O4/c1-20-21(2)38(22(3)32(40)41)33(35-20)34(4,5)36-31(39)24-15-16-25-27(19-24)37-17-18-42-28-14-10-9-13-26(28)30(37)29(25)23-11-7-6-8-12-23/h9-10,13-16,19,22-23H,6-8,11-12,17-18H2,1-5H3,(H,36,39)(H,40,41). The highest BCUT2D eigenvalue weighted by molar-refractivity contribution is 6.01. The predicted octanol–water partition coefficient (Wildman–Crippen LogP) is 6.87. The Bertz CT molecular complexity index is 1690. The smallest absolute Gasteiger partial charge is 0.326 e. The fraction of sp³-hybridized carbons (Fsp3) is 0.441. The molecule has 2 aliphatic rings. The molecule has 1 saturated carbocycles. The van der Waals surface area contributed by atoms with Gasteiger partial charge in [-0.2, -0.15) is 0 Å². The van der Waals surface area contributed by atoms with Gasteiger partial charge in [0.15, 0.2) is 0 Å². The lowest BCUT2D eigenvalue weighted by Crippen LogP contribution is -2.43. The molecular formula is C34H40N4O4. The summed E-state index contributed by atoms with van der Waals surface area (Å²) in [4.78, 5) is 30.4. The molecule has 0 radical (unpaired) electrons. The zero-order valence-corrected chi connectivity index (χ0v) is 25.2. The van der Waals surface area contributed by atoms with Gasteiger partial charge in [-0.1, -0.05) is 37.5 Å². The molecule has 1 amide bonds. The predicted molar refractivity (Wildman–Crippen MR) is 163 cm³/mol. The normalized spacial score (nSPS) is 16.3. The van der Waals surface area contributed by atoms with Gasteiger partial charge in [-0.25, -0.2) is 9.78 Å². The zero-order chi connectivity index (χ0) is 29.8. The van der Waals surface area contributed by atoms with E-state index in [-0.39, 0.29) is 5.91 Å². The van der Waals surface area contributed by atoms with Crippen LogP contribution in [0.4, 0.5) is 0 Å². The Labute approximate surface area is 246 Å². The summed E-state index contributed by atoms with van der Waals surface area (Å²) < 4.78 is 10.2. The molecule has 1 atom stereocenters. The molecule has 0 saturated heterocycles. The summed E-state index contributed by atoms with van der Waals surface area (Å²) in [5, 5.41) is 14.1. The third-order valence-corrected chi connectivity index (χ3v) is 9.21. The second-order valence-corrected chi connectivity index (χ2v) is 12.4. The largest absolute Gasteiger partial charge is 0.491 e. The monoisotopic (exact) mass is 568 g/mol. The number of rotatable bonds is 6. The number of hydrogen-bond acceptors (Lipinski definition) is 4. The number of hydrogen-bond donors (Lipinski definition) is 2. The van der Waals surface area contributed by atoms with Gasteiger partial charge in [0, 0.05) is 27.7 Å². The molecule has 220 valence electrons. The van der Waals surface area contributed by atoms with Crippen LogP contribution in [0.3, 0.4) is 0 Å². The summed E-state index contributed by atoms with van der Waals surface area (Å²) in [7, 11) is 0. The van der Waals surface area contributed by atoms with Gasteiger partial charge in [0.05, 0.1) is 23.5 Å². The Morgan fingerprint density at radius 3 is 2.57 bits per heavy atom. The molecule has 6 rings (SSSR count). The summed E-state index contributed by atoms with van der Waals surface area (Å²) in [5.41, 5.74) is 5.93. The van der Waals surface area contributed by atoms with Crippen LogP contribution in [0, 0.1) is 13.8 Å². The number of aromatic nitrogens is 3. The molecule has 42 heavy (non-hydrogen) atoms. The third kappa shape index (κ3) is 4.67. The number of carboxylic acids is 1. The summed E-state index contributed by atoms with van der Waals surface area (Å²) in [6.45, 7) is 10.4. The number of aryl methyl sites for hydroxylation is 1. The van der Waals surface area contributed by atoms with Crippen LogP contribution in [0.25, 0.3) is 22.2 Å². The van der Waals surface area contributed by atoms with Gasteiger partial charge in [0.25, 0.3) is 5.91 Å². The lowest BCUT2D eigenvalue weighted by atomic mass is 9.81. The second kappa shape index (κ2) is 10.6. The highest BCUT2D eigenvalue weighted by atomic mass is 16.5. The van der Waals surface area contributed by atoms with E-state index in [0.29, 0.717) is 30.5 Å². The molecule has 3 heterocycles. The van der Waals surface area contributed by atoms with Crippen molar-refractivity contribution in [1.29, 1.82) is 0 Å². The van der Waals surface area contributed by atoms with E-state index in [1.165, 1.54) is 48.7 Å². The van der Waals surface area contributed by atoms with Crippen LogP contribution in [0.2, 0.25) is 0 Å². The number of amides is 1. The van der Waals surface area contributed by atoms with Crippen LogP contribution in [-0.2, 0) is 16.9 Å². The maximum absolute atomic E-state index is 13.8. The SMILES string of the molecule is Cc1nc(C(C)(C)NC(=O)c2ccc3c(C4CCCCC4)c4n(c3c2)CCOc2ccccc2-4)n(C(C)C(=O)O)c1C. The first-order valence-corrected chi connectivity index (χ1v) is 15.1. The van der Waals surface area contributed by atoms with Crippen molar-refractivity contribution >= 4 is 22.8 Å². The quantitative estimate of drug-likeness (QED) is 0.264. The van der Waals surface area contributed by atoms with Crippen molar-refractivity contribution < 1.29 is 19.4 Å². The van der Waals surface area contributed by atoms with Gasteiger partial charge in [0.1, 0.15) is 24.2 Å². The van der Waals surface area contributed by atoms with Crippen molar-refractivity contribution in [2.75, 3.05) is 6.61 Å². The summed E-state index contributed by atoms with van der Waals surface area (Å²) in [6, 6.07) is 13.5. The van der Waals surface area contributed by atoms with E-state index in [4.69, 9.17) is 9.72 Å². The average Bonchev–Trinajstić information content (AvgIpc) is 3.38. The Hall–Kier alpha value is -4.07. The number of carbonyl (C=O) groups excluding carboxylic acids is 1. The van der Waals surface area contributed by atoms with Gasteiger partial charge < -0.3 is 24.3 Å². The number of nitrogens with zero attached hydrogens (tertiary/aromatic N) is 3. The number of ether oxygens (including phenoxy) is 1. The molecule has 0 spiro atoms. The van der Waals surface area contributed by atoms with E-state index >= 15 is 0 Å². The van der Waals surface area contributed by atoms with E-state index in [0.717, 1.165) is 28.2 Å². The van der Waals surface area contributed by atoms with Gasteiger partial charge in [-0.05, 0) is 83.2 Å². The Morgan fingerprint density at radius 1 is 1.10 bits per heavy atom. The number of aliphatic carboxylic acids is 1. The van der Waals surface area contributed by atoms with E-state index < -0.39 is 17.6 Å². The number of fused-ring (bicyclic) bond motifs is 5. The van der Waals surface area contributed by atoms with Crippen molar-refractivity contribution in [1.82, 2.24) is 19.4 Å². The number of para-hydroxylation sites is 1. The summed E-state index contributed by atoms with van der Waals surface area (Å²) in [6.07, 6.45) is 6.10. The Morgan fingerprint density at radius 2 is 1.83 bits per heavy atom. The molecule has 1 aliphatic carbocycles. The van der Waals surface area contributed by atoms with Gasteiger partial charge >= 0.3 is 5.97 Å². The van der Waals surface area contributed by atoms with E-state index in [1.807, 2.05) is 52.0 Å². The van der Waals surface area contributed by atoms with Crippen LogP contribution in [0.5, 0.6) is 5.75 Å². The van der Waals surface area contributed by atoms with Crippen molar-refractivity contribution in [3.05, 3.63) is 70.8 Å². The van der Waals surface area contributed by atoms with Crippen LogP contribution in [0.15, 0.2) is 42.5 Å². The maximum Gasteiger partial charge on any atom is 0.326 e. The molecule has 2 aromatic carbocycles. The number of carbonyl (C=O) groups is 2. The highest BCUT2D eigenvalue weighted by Crippen LogP contribution is 2.47. The van der Waals surface area contributed by atoms with Crippen molar-refractivity contribution in [2.45, 2.75) is 90.8 Å². The van der Waals surface area contributed by atoms with Crippen LogP contribution in [0.1, 0.15) is 98.0 Å². The molecule has 8 heteroatoms. The van der Waals surface area contributed by atoms with Crippen molar-refractivity contribution in [2.24, 2.45) is 0 Å². The van der Waals surface area contributed by atoms with Crippen molar-refractivity contribution in [3.8, 4) is 17.0 Å². The Kier molecular flexibility index (Phi) is 7.11. The Balaban J connectivity index is 1.43. The van der Waals surface area contributed by atoms with Crippen LogP contribution in [-0.4, -0.2) is 37.7 Å². The second-order valence-electron chi connectivity index (χ2n) is 12.4. The molecular weight excluding hydrogens is 528 g/mol. The highest BCUT2D eigenvalue weighted by Gasteiger charge is 2.34. The molecule has 2 N–H and O–H groups in total. The molecule has 1 unspecified atom stereocenters. The van der Waals surface area contributed by atoms with Gasteiger partial charge in [-0.3, -0.25) is 4.79 Å². The molecule has 4 aromatic rings. The van der Waals surface area contributed by atoms with E-state index in [1.54, 1.807) is 11.5 Å². The third-order valence-electron chi connectivity index (χ3n) is 9.21. The molecule has 0 bridgehead atoms. The fourth-order valence-corrected chi connectivity index (χ4v) is 6.94. The first kappa shape index (κ1) is 28.1. The lowest BCUT2D eigenvalue weighted by molar-refractivity contribution is -0.140. The van der Waals surface area contributed by atoms with Crippen LogP contribution >= 0.6 is 0 Å². The topological polar surface area (TPSA) is 98.4 Å². The van der Waals surface area contributed by atoms with Crippen molar-refractivity contribution in [3.63, 3.8) is 0 Å². The summed E-state index contributed by atoms with van der Waals surface area (Å²) >= 11 is 0. The maximum atomic E-state index is 13.8. The van der Waals surface area contributed by atoms with E-state index in [9.17, 15) is 14.7 Å². The minimum atomic E-state index is -0.947. The minimum absolute atomic E-state index is 0.227. The lowest BCUT2D eigenvalue weighted by Gasteiger charge is -2.28. The molecule has 1 aliphatic heterocycles. The fourth-order valence-electron chi connectivity index (χ4n) is 6.94. The average molecular weight is 569 g/mol. The number of nitrogens with one attached hydrogen (secondary N) is 1. The molecule has 8 nitrogen and oxygen atoms in total. The molecule has 1 fully saturated rings. The van der Waals surface area contributed by atoms with Gasteiger partial charge in [-0.15, -0.1) is 0 Å².